The summed E-state index contributed by atoms with van der Waals surface area (Å²) in [5, 5.41) is 2.12. The Balaban J connectivity index is 4.29. The molecule has 1 atom stereocenters. The van der Waals surface area contributed by atoms with E-state index in [-0.39, 0.29) is 6.10 Å². The molecule has 2 amide bonds. The standard InChI is InChI=1S/C10H17FN2O3/c1-8(16-3)4-5-13(7-14)6-9(11)10(15)12-2/h6-8H,4-5H2,1-3H3,(H,12,15)/b9-6+/t8-/m1/s1. The molecular formula is C10H17FN2O3. The largest absolute Gasteiger partial charge is 0.382 e. The van der Waals surface area contributed by atoms with Gasteiger partial charge in [-0.2, -0.15) is 4.39 Å². The third-order valence-corrected chi connectivity index (χ3v) is 2.05. The van der Waals surface area contributed by atoms with E-state index in [1.165, 1.54) is 7.05 Å². The number of hydrogen-bond donors (Lipinski definition) is 1. The summed E-state index contributed by atoms with van der Waals surface area (Å²) in [6, 6.07) is 0. The van der Waals surface area contributed by atoms with E-state index >= 15 is 0 Å². The quantitative estimate of drug-likeness (QED) is 0.511. The first-order chi connectivity index (χ1) is 7.54. The highest BCUT2D eigenvalue weighted by Gasteiger charge is 2.09. The number of nitrogens with one attached hydrogen (secondary N) is 1. The van der Waals surface area contributed by atoms with Crippen LogP contribution in [0, 0.1) is 0 Å². The van der Waals surface area contributed by atoms with Crippen molar-refractivity contribution in [2.45, 2.75) is 19.4 Å². The molecule has 0 fully saturated rings. The van der Waals surface area contributed by atoms with Gasteiger partial charge >= 0.3 is 0 Å². The molecule has 0 rings (SSSR count). The first-order valence-corrected chi connectivity index (χ1v) is 4.88. The molecule has 1 N–H and O–H groups in total. The summed E-state index contributed by atoms with van der Waals surface area (Å²) < 4.78 is 18.0. The van der Waals surface area contributed by atoms with E-state index < -0.39 is 11.7 Å². The summed E-state index contributed by atoms with van der Waals surface area (Å²) in [6.07, 6.45) is 1.87. The minimum absolute atomic E-state index is 0.0288. The third kappa shape index (κ3) is 5.45. The molecule has 0 aliphatic rings. The first-order valence-electron chi connectivity index (χ1n) is 4.88. The lowest BCUT2D eigenvalue weighted by Crippen LogP contribution is -2.24. The van der Waals surface area contributed by atoms with Crippen LogP contribution in [0.4, 0.5) is 4.39 Å². The summed E-state index contributed by atoms with van der Waals surface area (Å²) in [4.78, 5) is 22.5. The lowest BCUT2D eigenvalue weighted by molar-refractivity contribution is -0.118. The number of ether oxygens (including phenoxy) is 1. The number of nitrogens with zero attached hydrogens (tertiary/aromatic N) is 1. The van der Waals surface area contributed by atoms with Crippen LogP contribution >= 0.6 is 0 Å². The van der Waals surface area contributed by atoms with E-state index in [0.29, 0.717) is 19.4 Å². The molecule has 0 heterocycles. The molecule has 0 aromatic heterocycles. The van der Waals surface area contributed by atoms with Crippen molar-refractivity contribution in [3.8, 4) is 0 Å². The maximum absolute atomic E-state index is 13.1. The maximum atomic E-state index is 13.1. The predicted molar refractivity (Wildman–Crippen MR) is 57.1 cm³/mol. The zero-order valence-corrected chi connectivity index (χ0v) is 9.70. The van der Waals surface area contributed by atoms with Gasteiger partial charge < -0.3 is 15.0 Å². The molecule has 0 aromatic rings. The van der Waals surface area contributed by atoms with Crippen LogP contribution in [0.3, 0.4) is 0 Å². The molecular weight excluding hydrogens is 215 g/mol. The van der Waals surface area contributed by atoms with E-state index in [0.717, 1.165) is 11.1 Å². The fourth-order valence-corrected chi connectivity index (χ4v) is 0.920. The fraction of sp³-hybridized carbons (Fsp3) is 0.600. The highest BCUT2D eigenvalue weighted by molar-refractivity contribution is 5.90. The second kappa shape index (κ2) is 7.81. The van der Waals surface area contributed by atoms with Gasteiger partial charge in [0.15, 0.2) is 0 Å². The number of carbonyl (C=O) groups excluding carboxylic acids is 2. The summed E-state index contributed by atoms with van der Waals surface area (Å²) >= 11 is 0. The average molecular weight is 232 g/mol. The van der Waals surface area contributed by atoms with Gasteiger partial charge in [-0.25, -0.2) is 0 Å². The number of hydrogen-bond acceptors (Lipinski definition) is 3. The van der Waals surface area contributed by atoms with E-state index in [2.05, 4.69) is 5.32 Å². The number of methoxy groups -OCH3 is 1. The van der Waals surface area contributed by atoms with Crippen LogP contribution in [0.2, 0.25) is 0 Å². The highest BCUT2D eigenvalue weighted by atomic mass is 19.1. The Hall–Kier alpha value is -1.43. The Morgan fingerprint density at radius 3 is 2.69 bits per heavy atom. The van der Waals surface area contributed by atoms with Crippen molar-refractivity contribution in [1.29, 1.82) is 0 Å². The normalized spacial score (nSPS) is 13.1. The number of halogens is 1. The lowest BCUT2D eigenvalue weighted by atomic mass is 10.3. The smallest absolute Gasteiger partial charge is 0.281 e. The molecule has 0 spiro atoms. The van der Waals surface area contributed by atoms with Gasteiger partial charge in [0.1, 0.15) is 0 Å². The third-order valence-electron chi connectivity index (χ3n) is 2.05. The van der Waals surface area contributed by atoms with Gasteiger partial charge in [0, 0.05) is 26.9 Å². The monoisotopic (exact) mass is 232 g/mol. The minimum Gasteiger partial charge on any atom is -0.382 e. The zero-order chi connectivity index (χ0) is 12.6. The van der Waals surface area contributed by atoms with Gasteiger partial charge in [-0.15, -0.1) is 0 Å². The summed E-state index contributed by atoms with van der Waals surface area (Å²) in [6.45, 7) is 2.13. The molecule has 92 valence electrons. The number of carbonyl (C=O) groups is 2. The van der Waals surface area contributed by atoms with Gasteiger partial charge in [-0.3, -0.25) is 9.59 Å². The van der Waals surface area contributed by atoms with Gasteiger partial charge in [0.2, 0.25) is 12.2 Å². The van der Waals surface area contributed by atoms with Crippen LogP contribution in [-0.2, 0) is 14.3 Å². The SMILES string of the molecule is CNC(=O)/C(F)=C\N(C=O)CC[C@@H](C)OC. The van der Waals surface area contributed by atoms with Crippen LogP contribution in [0.1, 0.15) is 13.3 Å². The van der Waals surface area contributed by atoms with Gasteiger partial charge in [-0.05, 0) is 13.3 Å². The second-order valence-electron chi connectivity index (χ2n) is 3.23. The van der Waals surface area contributed by atoms with E-state index in [9.17, 15) is 14.0 Å². The van der Waals surface area contributed by atoms with E-state index in [1.807, 2.05) is 6.92 Å². The van der Waals surface area contributed by atoms with E-state index in [4.69, 9.17) is 4.74 Å². The first kappa shape index (κ1) is 14.6. The van der Waals surface area contributed by atoms with Crippen molar-refractivity contribution in [2.75, 3.05) is 20.7 Å². The van der Waals surface area contributed by atoms with Crippen LogP contribution in [0.25, 0.3) is 0 Å². The molecule has 6 heteroatoms. The van der Waals surface area contributed by atoms with Crippen LogP contribution in [0.5, 0.6) is 0 Å². The Bertz CT molecular complexity index is 269. The van der Waals surface area contributed by atoms with Crippen LogP contribution in [0.15, 0.2) is 12.0 Å². The Labute approximate surface area is 94.2 Å². The number of likely N-dealkylation sites (N-methyl/N-ethyl adjacent to an activating group) is 1. The molecule has 0 saturated heterocycles. The Kier molecular flexibility index (Phi) is 7.11. The molecule has 0 saturated carbocycles. The Morgan fingerprint density at radius 1 is 1.62 bits per heavy atom. The predicted octanol–water partition coefficient (Wildman–Crippen LogP) is 0.427. The van der Waals surface area contributed by atoms with Crippen molar-refractivity contribution in [2.24, 2.45) is 0 Å². The summed E-state index contributed by atoms with van der Waals surface area (Å²) in [5.41, 5.74) is 0. The molecule has 5 nitrogen and oxygen atoms in total. The minimum atomic E-state index is -1.00. The Morgan fingerprint density at radius 2 is 2.25 bits per heavy atom. The number of amides is 2. The maximum Gasteiger partial charge on any atom is 0.281 e. The van der Waals surface area contributed by atoms with Crippen LogP contribution in [-0.4, -0.2) is 44.0 Å². The van der Waals surface area contributed by atoms with Crippen molar-refractivity contribution < 1.29 is 18.7 Å². The van der Waals surface area contributed by atoms with Crippen molar-refractivity contribution in [3.05, 3.63) is 12.0 Å². The molecule has 0 bridgehead atoms. The number of rotatable bonds is 7. The summed E-state index contributed by atoms with van der Waals surface area (Å²) in [7, 11) is 2.87. The van der Waals surface area contributed by atoms with Crippen molar-refractivity contribution in [1.82, 2.24) is 10.2 Å². The lowest BCUT2D eigenvalue weighted by Gasteiger charge is -2.15. The van der Waals surface area contributed by atoms with E-state index in [1.54, 1.807) is 7.11 Å². The molecule has 0 aromatic carbocycles. The fourth-order valence-electron chi connectivity index (χ4n) is 0.920. The van der Waals surface area contributed by atoms with Gasteiger partial charge in [0.05, 0.1) is 6.10 Å². The zero-order valence-electron chi connectivity index (χ0n) is 9.70. The molecule has 0 aliphatic heterocycles. The van der Waals surface area contributed by atoms with Crippen molar-refractivity contribution >= 4 is 12.3 Å². The topological polar surface area (TPSA) is 58.6 Å². The molecule has 0 aliphatic carbocycles. The van der Waals surface area contributed by atoms with Crippen LogP contribution < -0.4 is 5.32 Å². The molecule has 16 heavy (non-hydrogen) atoms. The molecule has 0 radical (unpaired) electrons. The van der Waals surface area contributed by atoms with Crippen molar-refractivity contribution in [3.63, 3.8) is 0 Å². The summed E-state index contributed by atoms with van der Waals surface area (Å²) in [5.74, 6) is -1.86. The highest BCUT2D eigenvalue weighted by Crippen LogP contribution is 2.02. The average Bonchev–Trinajstić information content (AvgIpc) is 2.32. The van der Waals surface area contributed by atoms with Gasteiger partial charge in [0.25, 0.3) is 5.91 Å². The second-order valence-corrected chi connectivity index (χ2v) is 3.23. The molecule has 0 unspecified atom stereocenters. The van der Waals surface area contributed by atoms with Gasteiger partial charge in [-0.1, -0.05) is 0 Å².